The summed E-state index contributed by atoms with van der Waals surface area (Å²) in [7, 11) is 0. The monoisotopic (exact) mass is 276 g/mol. The van der Waals surface area contributed by atoms with Gasteiger partial charge in [-0.3, -0.25) is 4.79 Å². The van der Waals surface area contributed by atoms with Gasteiger partial charge < -0.3 is 9.73 Å². The molecule has 106 valence electrons. The maximum Gasteiger partial charge on any atom is 0.220 e. The Morgan fingerprint density at radius 2 is 2.25 bits per heavy atom. The molecule has 4 nitrogen and oxygen atoms in total. The molecule has 0 saturated carbocycles. The Balaban J connectivity index is 1.68. The summed E-state index contributed by atoms with van der Waals surface area (Å²) < 4.78 is 18.3. The molecule has 0 aliphatic carbocycles. The van der Waals surface area contributed by atoms with E-state index in [2.05, 4.69) is 10.3 Å². The van der Waals surface area contributed by atoms with E-state index < -0.39 is 0 Å². The summed E-state index contributed by atoms with van der Waals surface area (Å²) in [6.45, 7) is 2.32. The van der Waals surface area contributed by atoms with Crippen molar-refractivity contribution >= 4 is 5.91 Å². The van der Waals surface area contributed by atoms with Gasteiger partial charge in [0.2, 0.25) is 5.91 Å². The average Bonchev–Trinajstić information content (AvgIpc) is 2.82. The quantitative estimate of drug-likeness (QED) is 0.881. The predicted octanol–water partition coefficient (Wildman–Crippen LogP) is 2.41. The minimum Gasteiger partial charge on any atom is -0.446 e. The average molecular weight is 276 g/mol. The van der Waals surface area contributed by atoms with Gasteiger partial charge in [0, 0.05) is 19.4 Å². The first-order chi connectivity index (χ1) is 9.63. The van der Waals surface area contributed by atoms with Crippen molar-refractivity contribution in [3.05, 3.63) is 53.5 Å². The number of hydrogen-bond acceptors (Lipinski definition) is 3. The highest BCUT2D eigenvalue weighted by Crippen LogP contribution is 2.06. The number of nitrogens with zero attached hydrogens (tertiary/aromatic N) is 1. The van der Waals surface area contributed by atoms with Gasteiger partial charge in [-0.2, -0.15) is 0 Å². The van der Waals surface area contributed by atoms with E-state index >= 15 is 0 Å². The maximum atomic E-state index is 13.0. The molecule has 0 atom stereocenters. The number of rotatable bonds is 6. The minimum absolute atomic E-state index is 0.0578. The molecule has 0 aliphatic rings. The highest BCUT2D eigenvalue weighted by molar-refractivity contribution is 5.76. The Hall–Kier alpha value is -2.17. The maximum absolute atomic E-state index is 13.0. The van der Waals surface area contributed by atoms with Crippen LogP contribution < -0.4 is 5.32 Å². The fourth-order valence-corrected chi connectivity index (χ4v) is 1.86. The van der Waals surface area contributed by atoms with Crippen LogP contribution >= 0.6 is 0 Å². The number of carbonyl (C=O) groups is 1. The molecular formula is C15H17FN2O2. The molecule has 1 N–H and O–H groups in total. The third-order valence-electron chi connectivity index (χ3n) is 2.86. The highest BCUT2D eigenvalue weighted by atomic mass is 19.1. The summed E-state index contributed by atoms with van der Waals surface area (Å²) in [6.07, 6.45) is 3.09. The van der Waals surface area contributed by atoms with Gasteiger partial charge in [0.1, 0.15) is 11.6 Å². The smallest absolute Gasteiger partial charge is 0.220 e. The van der Waals surface area contributed by atoms with E-state index in [1.165, 1.54) is 12.1 Å². The highest BCUT2D eigenvalue weighted by Gasteiger charge is 2.04. The van der Waals surface area contributed by atoms with Crippen LogP contribution in [0.15, 0.2) is 34.9 Å². The Morgan fingerprint density at radius 3 is 2.95 bits per heavy atom. The summed E-state index contributed by atoms with van der Waals surface area (Å²) in [5, 5.41) is 2.79. The second kappa shape index (κ2) is 6.84. The topological polar surface area (TPSA) is 55.1 Å². The zero-order valence-corrected chi connectivity index (χ0v) is 11.4. The molecule has 0 aliphatic heterocycles. The van der Waals surface area contributed by atoms with Crippen molar-refractivity contribution < 1.29 is 13.6 Å². The van der Waals surface area contributed by atoms with Crippen molar-refractivity contribution in [3.8, 4) is 0 Å². The number of nitrogens with one attached hydrogen (secondary N) is 1. The van der Waals surface area contributed by atoms with Gasteiger partial charge >= 0.3 is 0 Å². The van der Waals surface area contributed by atoms with E-state index in [-0.39, 0.29) is 11.7 Å². The second-order valence-corrected chi connectivity index (χ2v) is 4.59. The fourth-order valence-electron chi connectivity index (χ4n) is 1.86. The van der Waals surface area contributed by atoms with Crippen molar-refractivity contribution in [3.63, 3.8) is 0 Å². The van der Waals surface area contributed by atoms with Crippen molar-refractivity contribution in [1.29, 1.82) is 0 Å². The molecule has 0 bridgehead atoms. The van der Waals surface area contributed by atoms with E-state index in [4.69, 9.17) is 4.42 Å². The third kappa shape index (κ3) is 4.50. The predicted molar refractivity (Wildman–Crippen MR) is 72.7 cm³/mol. The molecule has 2 aromatic rings. The number of hydrogen-bond donors (Lipinski definition) is 1. The van der Waals surface area contributed by atoms with Crippen molar-refractivity contribution in [1.82, 2.24) is 10.3 Å². The number of carbonyl (C=O) groups excluding carboxylic acids is 1. The SMILES string of the molecule is Cc1cnc(CCNC(=O)CCc2cccc(F)c2)o1. The van der Waals surface area contributed by atoms with Crippen molar-refractivity contribution in [2.45, 2.75) is 26.2 Å². The minimum atomic E-state index is -0.276. The van der Waals surface area contributed by atoms with Gasteiger partial charge in [0.15, 0.2) is 5.89 Å². The van der Waals surface area contributed by atoms with Gasteiger partial charge in [0.25, 0.3) is 0 Å². The summed E-state index contributed by atoms with van der Waals surface area (Å²) in [5.74, 6) is 1.05. The zero-order chi connectivity index (χ0) is 14.4. The van der Waals surface area contributed by atoms with Crippen LogP contribution in [-0.2, 0) is 17.6 Å². The molecule has 0 fully saturated rings. The van der Waals surface area contributed by atoms with Gasteiger partial charge in [-0.05, 0) is 31.0 Å². The molecule has 20 heavy (non-hydrogen) atoms. The normalized spacial score (nSPS) is 10.5. The molecule has 1 amide bonds. The molecule has 0 unspecified atom stereocenters. The zero-order valence-electron chi connectivity index (χ0n) is 11.4. The van der Waals surface area contributed by atoms with Crippen LogP contribution in [-0.4, -0.2) is 17.4 Å². The van der Waals surface area contributed by atoms with Crippen LogP contribution in [0.5, 0.6) is 0 Å². The summed E-state index contributed by atoms with van der Waals surface area (Å²) in [6, 6.07) is 6.30. The number of halogens is 1. The van der Waals surface area contributed by atoms with Crippen LogP contribution in [0.25, 0.3) is 0 Å². The molecular weight excluding hydrogens is 259 g/mol. The molecule has 1 heterocycles. The second-order valence-electron chi connectivity index (χ2n) is 4.59. The van der Waals surface area contributed by atoms with E-state index in [0.29, 0.717) is 31.7 Å². The van der Waals surface area contributed by atoms with Gasteiger partial charge in [-0.25, -0.2) is 9.37 Å². The molecule has 1 aromatic carbocycles. The first-order valence-electron chi connectivity index (χ1n) is 6.56. The fraction of sp³-hybridized carbons (Fsp3) is 0.333. The lowest BCUT2D eigenvalue weighted by atomic mass is 10.1. The van der Waals surface area contributed by atoms with E-state index in [0.717, 1.165) is 11.3 Å². The largest absolute Gasteiger partial charge is 0.446 e. The standard InChI is InChI=1S/C15H17FN2O2/c1-11-10-18-15(20-11)7-8-17-14(19)6-5-12-3-2-4-13(16)9-12/h2-4,9-10H,5-8H2,1H3,(H,17,19). The Kier molecular flexibility index (Phi) is 4.87. The van der Waals surface area contributed by atoms with E-state index in [1.54, 1.807) is 12.3 Å². The molecule has 0 spiro atoms. The lowest BCUT2D eigenvalue weighted by Crippen LogP contribution is -2.25. The Morgan fingerprint density at radius 1 is 1.40 bits per heavy atom. The number of amides is 1. The Labute approximate surface area is 117 Å². The van der Waals surface area contributed by atoms with Crippen molar-refractivity contribution in [2.24, 2.45) is 0 Å². The van der Waals surface area contributed by atoms with Gasteiger partial charge in [0.05, 0.1) is 6.20 Å². The number of oxazole rings is 1. The van der Waals surface area contributed by atoms with Crippen molar-refractivity contribution in [2.75, 3.05) is 6.54 Å². The molecule has 0 radical (unpaired) electrons. The van der Waals surface area contributed by atoms with Gasteiger partial charge in [-0.1, -0.05) is 12.1 Å². The molecule has 0 saturated heterocycles. The number of aromatic nitrogens is 1. The lowest BCUT2D eigenvalue weighted by Gasteiger charge is -2.04. The van der Waals surface area contributed by atoms with Crippen LogP contribution in [0.1, 0.15) is 23.6 Å². The molecule has 5 heteroatoms. The first kappa shape index (κ1) is 14.2. The first-order valence-corrected chi connectivity index (χ1v) is 6.56. The molecule has 1 aromatic heterocycles. The molecule has 2 rings (SSSR count). The summed E-state index contributed by atoms with van der Waals surface area (Å²) >= 11 is 0. The Bertz CT molecular complexity index is 581. The lowest BCUT2D eigenvalue weighted by molar-refractivity contribution is -0.121. The third-order valence-corrected chi connectivity index (χ3v) is 2.86. The van der Waals surface area contributed by atoms with Crippen LogP contribution in [0, 0.1) is 12.7 Å². The van der Waals surface area contributed by atoms with Crippen LogP contribution in [0.4, 0.5) is 4.39 Å². The summed E-state index contributed by atoms with van der Waals surface area (Å²) in [4.78, 5) is 15.7. The van der Waals surface area contributed by atoms with Crippen LogP contribution in [0.2, 0.25) is 0 Å². The van der Waals surface area contributed by atoms with E-state index in [1.807, 2.05) is 13.0 Å². The van der Waals surface area contributed by atoms with Crippen LogP contribution in [0.3, 0.4) is 0 Å². The number of aryl methyl sites for hydroxylation is 2. The summed E-state index contributed by atoms with van der Waals surface area (Å²) in [5.41, 5.74) is 0.823. The van der Waals surface area contributed by atoms with E-state index in [9.17, 15) is 9.18 Å². The number of benzene rings is 1. The van der Waals surface area contributed by atoms with Gasteiger partial charge in [-0.15, -0.1) is 0 Å².